The molecule has 6 heteroatoms. The molecule has 0 saturated carbocycles. The molecule has 4 aromatic rings. The molecule has 0 radical (unpaired) electrons. The number of aliphatic imine (C=N–C) groups is 2. The van der Waals surface area contributed by atoms with Gasteiger partial charge in [0.05, 0.1) is 0 Å². The summed E-state index contributed by atoms with van der Waals surface area (Å²) in [6, 6.07) is 29.6. The van der Waals surface area contributed by atoms with Crippen LogP contribution in [0, 0.1) is 0 Å². The van der Waals surface area contributed by atoms with Gasteiger partial charge in [0.15, 0.2) is 0 Å². The van der Waals surface area contributed by atoms with Gasteiger partial charge >= 0.3 is 0 Å². The summed E-state index contributed by atoms with van der Waals surface area (Å²) in [5.74, 6) is 0.301. The lowest BCUT2D eigenvalue weighted by atomic mass is 9.94. The number of phenols is 2. The Morgan fingerprint density at radius 1 is 0.559 bits per heavy atom. The Labute approximate surface area is 215 Å². The first-order valence-electron chi connectivity index (χ1n) is 10.6. The largest absolute Gasteiger partial charge is 0.507 e. The van der Waals surface area contributed by atoms with Gasteiger partial charge in [-0.15, -0.1) is 0 Å². The maximum absolute atomic E-state index is 10.3. The van der Waals surface area contributed by atoms with Gasteiger partial charge in [-0.3, -0.25) is 9.98 Å². The lowest BCUT2D eigenvalue weighted by Gasteiger charge is -2.22. The molecule has 0 fully saturated rings. The molecule has 4 nitrogen and oxygen atoms in total. The molecule has 34 heavy (non-hydrogen) atoms. The van der Waals surface area contributed by atoms with E-state index >= 15 is 0 Å². The van der Waals surface area contributed by atoms with Crippen molar-refractivity contribution < 1.29 is 10.2 Å². The highest BCUT2D eigenvalue weighted by Crippen LogP contribution is 2.36. The zero-order valence-electron chi connectivity index (χ0n) is 18.1. The minimum atomic E-state index is -0.368. The van der Waals surface area contributed by atoms with E-state index in [1.165, 1.54) is 0 Å². The van der Waals surface area contributed by atoms with Gasteiger partial charge in [-0.05, 0) is 47.5 Å². The average molecular weight is 578 g/mol. The first kappa shape index (κ1) is 23.9. The first-order valence-corrected chi connectivity index (χ1v) is 12.2. The van der Waals surface area contributed by atoms with Gasteiger partial charge in [0.25, 0.3) is 0 Å². The van der Waals surface area contributed by atoms with Crippen LogP contribution >= 0.6 is 31.9 Å². The number of aromatic hydroxyl groups is 2. The number of benzene rings is 4. The summed E-state index contributed by atoms with van der Waals surface area (Å²) >= 11 is 6.91. The molecule has 2 atom stereocenters. The second-order valence-electron chi connectivity index (χ2n) is 7.67. The Bertz CT molecular complexity index is 1210. The molecule has 0 aliphatic heterocycles. The fourth-order valence-corrected chi connectivity index (χ4v) is 4.34. The highest BCUT2D eigenvalue weighted by atomic mass is 79.9. The summed E-state index contributed by atoms with van der Waals surface area (Å²) in [6.45, 7) is 0. The van der Waals surface area contributed by atoms with Crippen molar-refractivity contribution in [3.63, 3.8) is 0 Å². The topological polar surface area (TPSA) is 65.2 Å². The third kappa shape index (κ3) is 6.01. The van der Waals surface area contributed by atoms with E-state index in [2.05, 4.69) is 31.9 Å². The normalized spacial score (nSPS) is 13.4. The quantitative estimate of drug-likeness (QED) is 0.222. The summed E-state index contributed by atoms with van der Waals surface area (Å²) in [5.41, 5.74) is 3.18. The van der Waals surface area contributed by atoms with E-state index in [0.29, 0.717) is 11.1 Å². The smallest absolute Gasteiger partial charge is 0.124 e. The van der Waals surface area contributed by atoms with Crippen molar-refractivity contribution in [3.05, 3.63) is 128 Å². The van der Waals surface area contributed by atoms with Crippen molar-refractivity contribution in [1.82, 2.24) is 0 Å². The van der Waals surface area contributed by atoms with E-state index < -0.39 is 0 Å². The van der Waals surface area contributed by atoms with Crippen LogP contribution in [0.15, 0.2) is 116 Å². The SMILES string of the molecule is Oc1ccc(Br)cc1/C=N/C(c1ccccc1)[C@H](/N=C/c1cc(Br)ccc1O)c1ccccc1. The first-order chi connectivity index (χ1) is 16.5. The lowest BCUT2D eigenvalue weighted by molar-refractivity contribution is 0.473. The van der Waals surface area contributed by atoms with Crippen LogP contribution in [0.25, 0.3) is 0 Å². The molecule has 0 aliphatic carbocycles. The molecule has 1 unspecified atom stereocenters. The number of hydrogen-bond acceptors (Lipinski definition) is 4. The zero-order chi connectivity index (χ0) is 23.9. The molecule has 0 spiro atoms. The van der Waals surface area contributed by atoms with E-state index in [1.54, 1.807) is 36.7 Å². The van der Waals surface area contributed by atoms with Gasteiger partial charge in [0.1, 0.15) is 23.6 Å². The minimum absolute atomic E-state index is 0.151. The van der Waals surface area contributed by atoms with Crippen LogP contribution < -0.4 is 0 Å². The third-order valence-corrected chi connectivity index (χ3v) is 6.30. The van der Waals surface area contributed by atoms with Crippen LogP contribution in [0.5, 0.6) is 11.5 Å². The van der Waals surface area contributed by atoms with Crippen molar-refractivity contribution in [2.75, 3.05) is 0 Å². The number of hydrogen-bond donors (Lipinski definition) is 2. The fourth-order valence-electron chi connectivity index (χ4n) is 3.58. The van der Waals surface area contributed by atoms with Gasteiger partial charge in [0, 0.05) is 32.5 Å². The zero-order valence-corrected chi connectivity index (χ0v) is 21.3. The van der Waals surface area contributed by atoms with Gasteiger partial charge in [0.2, 0.25) is 0 Å². The van der Waals surface area contributed by atoms with Gasteiger partial charge < -0.3 is 10.2 Å². The molecule has 4 aromatic carbocycles. The predicted octanol–water partition coefficient (Wildman–Crippen LogP) is 7.64. The van der Waals surface area contributed by atoms with E-state index in [9.17, 15) is 10.2 Å². The molecule has 0 aromatic heterocycles. The van der Waals surface area contributed by atoms with Gasteiger partial charge in [-0.25, -0.2) is 0 Å². The Morgan fingerprint density at radius 3 is 1.32 bits per heavy atom. The van der Waals surface area contributed by atoms with Crippen LogP contribution in [0.2, 0.25) is 0 Å². The van der Waals surface area contributed by atoms with Crippen molar-refractivity contribution in [3.8, 4) is 11.5 Å². The highest BCUT2D eigenvalue weighted by Gasteiger charge is 2.23. The van der Waals surface area contributed by atoms with Crippen LogP contribution in [-0.4, -0.2) is 22.6 Å². The van der Waals surface area contributed by atoms with Gasteiger partial charge in [-0.1, -0.05) is 92.5 Å². The average Bonchev–Trinajstić information content (AvgIpc) is 2.86. The Balaban J connectivity index is 1.81. The number of halogens is 2. The number of phenolic OH excluding ortho intramolecular Hbond substituents is 2. The Hall–Kier alpha value is -3.22. The van der Waals surface area contributed by atoms with Crippen LogP contribution in [0.3, 0.4) is 0 Å². The van der Waals surface area contributed by atoms with Crippen molar-refractivity contribution >= 4 is 44.3 Å². The molecule has 4 rings (SSSR count). The van der Waals surface area contributed by atoms with Crippen molar-refractivity contribution in [2.45, 2.75) is 12.1 Å². The Kier molecular flexibility index (Phi) is 7.93. The van der Waals surface area contributed by atoms with E-state index in [4.69, 9.17) is 9.98 Å². The molecule has 0 bridgehead atoms. The van der Waals surface area contributed by atoms with Crippen LogP contribution in [0.4, 0.5) is 0 Å². The molecule has 170 valence electrons. The summed E-state index contributed by atoms with van der Waals surface area (Å²) in [7, 11) is 0. The van der Waals surface area contributed by atoms with E-state index in [0.717, 1.165) is 20.1 Å². The van der Waals surface area contributed by atoms with Crippen LogP contribution in [0.1, 0.15) is 34.3 Å². The van der Waals surface area contributed by atoms with Crippen molar-refractivity contribution in [1.29, 1.82) is 0 Å². The molecular formula is C28H22Br2N2O2. The molecular weight excluding hydrogens is 556 g/mol. The van der Waals surface area contributed by atoms with Gasteiger partial charge in [-0.2, -0.15) is 0 Å². The second-order valence-corrected chi connectivity index (χ2v) is 9.51. The lowest BCUT2D eigenvalue weighted by Crippen LogP contribution is -2.09. The highest BCUT2D eigenvalue weighted by molar-refractivity contribution is 9.10. The number of rotatable bonds is 7. The fraction of sp³-hybridized carbons (Fsp3) is 0.0714. The molecule has 0 aliphatic rings. The standard InChI is InChI=1S/C28H22Br2N2O2/c29-23-11-13-25(33)21(15-23)17-31-27(19-7-3-1-4-8-19)28(20-9-5-2-6-10-20)32-18-22-16-24(30)12-14-26(22)34/h1-18,27-28,33-34H/b31-17+,32-18+/t27-,28?/m1/s1. The van der Waals surface area contributed by atoms with E-state index in [-0.39, 0.29) is 23.6 Å². The minimum Gasteiger partial charge on any atom is -0.507 e. The second kappa shape index (κ2) is 11.3. The molecule has 0 saturated heterocycles. The van der Waals surface area contributed by atoms with Crippen molar-refractivity contribution in [2.24, 2.45) is 9.98 Å². The molecule has 0 heterocycles. The molecule has 0 amide bonds. The number of nitrogens with zero attached hydrogens (tertiary/aromatic N) is 2. The molecule has 2 N–H and O–H groups in total. The van der Waals surface area contributed by atoms with E-state index in [1.807, 2.05) is 72.8 Å². The summed E-state index contributed by atoms with van der Waals surface area (Å²) in [5, 5.41) is 20.6. The monoisotopic (exact) mass is 576 g/mol. The predicted molar refractivity (Wildman–Crippen MR) is 145 cm³/mol. The Morgan fingerprint density at radius 2 is 0.941 bits per heavy atom. The third-order valence-electron chi connectivity index (χ3n) is 5.31. The summed E-state index contributed by atoms with van der Waals surface area (Å²) in [4.78, 5) is 9.81. The summed E-state index contributed by atoms with van der Waals surface area (Å²) in [6.07, 6.45) is 3.36. The maximum atomic E-state index is 10.3. The summed E-state index contributed by atoms with van der Waals surface area (Å²) < 4.78 is 1.71. The van der Waals surface area contributed by atoms with Crippen LogP contribution in [-0.2, 0) is 0 Å². The maximum Gasteiger partial charge on any atom is 0.124 e.